The molecule has 0 aliphatic carbocycles. The summed E-state index contributed by atoms with van der Waals surface area (Å²) in [4.78, 5) is 12.7. The van der Waals surface area contributed by atoms with E-state index in [2.05, 4.69) is 15.7 Å². The fourth-order valence-corrected chi connectivity index (χ4v) is 2.54. The highest BCUT2D eigenvalue weighted by Gasteiger charge is 2.17. The second-order valence-electron chi connectivity index (χ2n) is 5.74. The number of nitrogens with one attached hydrogen (secondary N) is 2. The van der Waals surface area contributed by atoms with Crippen molar-refractivity contribution in [1.29, 1.82) is 0 Å². The summed E-state index contributed by atoms with van der Waals surface area (Å²) in [5.74, 6) is 0.424. The second-order valence-corrected chi connectivity index (χ2v) is 5.74. The number of alkyl halides is 2. The number of aryl methyl sites for hydroxylation is 1. The largest absolute Gasteiger partial charge is 0.497 e. The van der Waals surface area contributed by atoms with Crippen molar-refractivity contribution in [3.8, 4) is 5.75 Å². The number of methoxy groups -OCH3 is 1. The van der Waals surface area contributed by atoms with Crippen molar-refractivity contribution in [2.45, 2.75) is 6.43 Å². The maximum Gasteiger partial charge on any atom is 0.282 e. The molecule has 8 heteroatoms. The zero-order valence-electron chi connectivity index (χ0n) is 14.7. The zero-order chi connectivity index (χ0) is 19.4. The molecule has 0 saturated carbocycles. The highest BCUT2D eigenvalue weighted by molar-refractivity contribution is 6.08. The van der Waals surface area contributed by atoms with Gasteiger partial charge in [-0.05, 0) is 24.3 Å². The van der Waals surface area contributed by atoms with Crippen LogP contribution in [0.2, 0.25) is 0 Å². The highest BCUT2D eigenvalue weighted by Crippen LogP contribution is 2.25. The van der Waals surface area contributed by atoms with Crippen LogP contribution in [0.5, 0.6) is 5.75 Å². The average molecular weight is 372 g/mol. The van der Waals surface area contributed by atoms with Gasteiger partial charge in [-0.3, -0.25) is 9.48 Å². The molecule has 1 heterocycles. The van der Waals surface area contributed by atoms with Crippen LogP contribution in [0.3, 0.4) is 0 Å². The summed E-state index contributed by atoms with van der Waals surface area (Å²) in [6.45, 7) is 0. The molecular weight excluding hydrogens is 354 g/mol. The van der Waals surface area contributed by atoms with E-state index in [1.165, 1.54) is 11.7 Å². The Kier molecular flexibility index (Phi) is 5.35. The smallest absolute Gasteiger partial charge is 0.282 e. The fourth-order valence-electron chi connectivity index (χ4n) is 2.54. The van der Waals surface area contributed by atoms with Gasteiger partial charge in [-0.15, -0.1) is 0 Å². The molecule has 1 aromatic heterocycles. The molecular formula is C19H18F2N4O2. The first-order chi connectivity index (χ1) is 13.0. The Morgan fingerprint density at radius 2 is 1.93 bits per heavy atom. The number of carbonyl (C=O) groups is 1. The van der Waals surface area contributed by atoms with Crippen molar-refractivity contribution < 1.29 is 18.3 Å². The van der Waals surface area contributed by atoms with Gasteiger partial charge < -0.3 is 15.4 Å². The summed E-state index contributed by atoms with van der Waals surface area (Å²) in [5, 5.41) is 9.47. The summed E-state index contributed by atoms with van der Waals surface area (Å²) in [6.07, 6.45) is -2.70. The molecule has 2 aromatic carbocycles. The van der Waals surface area contributed by atoms with Gasteiger partial charge in [0.1, 0.15) is 17.3 Å². The highest BCUT2D eigenvalue weighted by atomic mass is 19.3. The molecule has 0 aliphatic rings. The number of halogens is 2. The molecule has 3 rings (SSSR count). The van der Waals surface area contributed by atoms with E-state index in [0.717, 1.165) is 11.8 Å². The van der Waals surface area contributed by atoms with Crippen molar-refractivity contribution in [1.82, 2.24) is 9.78 Å². The first-order valence-electron chi connectivity index (χ1n) is 8.11. The molecule has 0 spiro atoms. The first-order valence-corrected chi connectivity index (χ1v) is 8.11. The minimum Gasteiger partial charge on any atom is -0.497 e. The van der Waals surface area contributed by atoms with Gasteiger partial charge in [0, 0.05) is 24.9 Å². The van der Waals surface area contributed by atoms with Crippen LogP contribution in [0.25, 0.3) is 0 Å². The molecule has 0 fully saturated rings. The molecule has 27 heavy (non-hydrogen) atoms. The molecule has 1 amide bonds. The predicted molar refractivity (Wildman–Crippen MR) is 98.8 cm³/mol. The number of rotatable bonds is 6. The fraction of sp³-hybridized carbons (Fsp3) is 0.158. The van der Waals surface area contributed by atoms with E-state index in [1.54, 1.807) is 37.4 Å². The summed E-state index contributed by atoms with van der Waals surface area (Å²) in [6, 6.07) is 15.3. The van der Waals surface area contributed by atoms with Crippen molar-refractivity contribution in [3.63, 3.8) is 0 Å². The molecule has 0 radical (unpaired) electrons. The predicted octanol–water partition coefficient (Wildman–Crippen LogP) is 4.36. The lowest BCUT2D eigenvalue weighted by Crippen LogP contribution is -2.16. The Hall–Kier alpha value is -3.42. The Labute approximate surface area is 154 Å². The van der Waals surface area contributed by atoms with Crippen molar-refractivity contribution in [3.05, 3.63) is 65.9 Å². The van der Waals surface area contributed by atoms with Gasteiger partial charge in [-0.1, -0.05) is 18.2 Å². The van der Waals surface area contributed by atoms with Crippen LogP contribution in [-0.4, -0.2) is 22.8 Å². The van der Waals surface area contributed by atoms with Crippen LogP contribution in [0.15, 0.2) is 54.6 Å². The van der Waals surface area contributed by atoms with E-state index in [9.17, 15) is 13.6 Å². The summed E-state index contributed by atoms with van der Waals surface area (Å²) >= 11 is 0. The Bertz CT molecular complexity index is 956. The quantitative estimate of drug-likeness (QED) is 0.675. The van der Waals surface area contributed by atoms with E-state index in [-0.39, 0.29) is 5.82 Å². The molecule has 140 valence electrons. The number of para-hydroxylation sites is 1. The number of aromatic nitrogens is 2. The van der Waals surface area contributed by atoms with Gasteiger partial charge in [0.25, 0.3) is 12.3 Å². The van der Waals surface area contributed by atoms with Gasteiger partial charge in [0.15, 0.2) is 0 Å². The van der Waals surface area contributed by atoms with E-state index in [4.69, 9.17) is 4.74 Å². The molecule has 0 atom stereocenters. The SMILES string of the molecule is COc1cccc(Nc2ccccc2C(=O)Nc2cc(C(F)F)nn2C)c1. The third kappa shape index (κ3) is 4.22. The molecule has 0 bridgehead atoms. The van der Waals surface area contributed by atoms with Crippen LogP contribution in [-0.2, 0) is 7.05 Å². The number of nitrogens with zero attached hydrogens (tertiary/aromatic N) is 2. The lowest BCUT2D eigenvalue weighted by Gasteiger charge is -2.13. The maximum atomic E-state index is 12.8. The van der Waals surface area contributed by atoms with Crippen molar-refractivity contribution in [2.24, 2.45) is 7.05 Å². The topological polar surface area (TPSA) is 68.2 Å². The molecule has 0 aliphatic heterocycles. The Balaban J connectivity index is 1.83. The number of anilines is 3. The number of amides is 1. The molecule has 3 aromatic rings. The van der Waals surface area contributed by atoms with Crippen LogP contribution in [0, 0.1) is 0 Å². The lowest BCUT2D eigenvalue weighted by molar-refractivity contribution is 0.102. The first kappa shape index (κ1) is 18.4. The van der Waals surface area contributed by atoms with E-state index in [1.807, 2.05) is 18.2 Å². The third-order valence-corrected chi connectivity index (χ3v) is 3.88. The molecule has 0 saturated heterocycles. The van der Waals surface area contributed by atoms with Gasteiger partial charge in [-0.2, -0.15) is 5.10 Å². The zero-order valence-corrected chi connectivity index (χ0v) is 14.7. The van der Waals surface area contributed by atoms with E-state index < -0.39 is 18.0 Å². The molecule has 6 nitrogen and oxygen atoms in total. The minimum atomic E-state index is -2.70. The summed E-state index contributed by atoms with van der Waals surface area (Å²) in [7, 11) is 3.06. The summed E-state index contributed by atoms with van der Waals surface area (Å²) in [5.41, 5.74) is 1.28. The van der Waals surface area contributed by atoms with Crippen molar-refractivity contribution >= 4 is 23.1 Å². The number of hydrogen-bond donors (Lipinski definition) is 2. The Morgan fingerprint density at radius 1 is 1.15 bits per heavy atom. The average Bonchev–Trinajstić information content (AvgIpc) is 3.03. The monoisotopic (exact) mass is 372 g/mol. The van der Waals surface area contributed by atoms with Crippen LogP contribution < -0.4 is 15.4 Å². The normalized spacial score (nSPS) is 10.7. The minimum absolute atomic E-state index is 0.187. The van der Waals surface area contributed by atoms with Gasteiger partial charge in [0.2, 0.25) is 0 Å². The van der Waals surface area contributed by atoms with Crippen LogP contribution >= 0.6 is 0 Å². The summed E-state index contributed by atoms with van der Waals surface area (Å²) < 4.78 is 32.0. The van der Waals surface area contributed by atoms with E-state index in [0.29, 0.717) is 17.0 Å². The van der Waals surface area contributed by atoms with Gasteiger partial charge in [-0.25, -0.2) is 8.78 Å². The lowest BCUT2D eigenvalue weighted by atomic mass is 10.1. The van der Waals surface area contributed by atoms with Crippen LogP contribution in [0.4, 0.5) is 26.0 Å². The number of hydrogen-bond acceptors (Lipinski definition) is 4. The van der Waals surface area contributed by atoms with Crippen molar-refractivity contribution in [2.75, 3.05) is 17.7 Å². The van der Waals surface area contributed by atoms with Crippen LogP contribution in [0.1, 0.15) is 22.5 Å². The number of carbonyl (C=O) groups excluding carboxylic acids is 1. The third-order valence-electron chi connectivity index (χ3n) is 3.88. The molecule has 0 unspecified atom stereocenters. The number of benzene rings is 2. The Morgan fingerprint density at radius 3 is 2.63 bits per heavy atom. The van der Waals surface area contributed by atoms with Gasteiger partial charge in [0.05, 0.1) is 18.4 Å². The molecule has 2 N–H and O–H groups in total. The van der Waals surface area contributed by atoms with E-state index >= 15 is 0 Å². The standard InChI is InChI=1S/C19H18F2N4O2/c1-25-17(11-16(24-25)18(20)21)23-19(26)14-8-3-4-9-15(14)22-12-6-5-7-13(10-12)27-2/h3-11,18,22H,1-2H3,(H,23,26). The van der Waals surface area contributed by atoms with Gasteiger partial charge >= 0.3 is 0 Å². The maximum absolute atomic E-state index is 12.8. The number of ether oxygens (including phenoxy) is 1. The second kappa shape index (κ2) is 7.86.